The number of amides is 1. The van der Waals surface area contributed by atoms with Crippen molar-refractivity contribution in [3.05, 3.63) is 35.4 Å². The van der Waals surface area contributed by atoms with Crippen LogP contribution in [0.4, 0.5) is 8.78 Å². The van der Waals surface area contributed by atoms with Gasteiger partial charge in [-0.1, -0.05) is 0 Å². The second-order valence-electron chi connectivity index (χ2n) is 2.23. The van der Waals surface area contributed by atoms with E-state index in [1.807, 2.05) is 0 Å². The zero-order valence-electron chi connectivity index (χ0n) is 6.18. The van der Waals surface area contributed by atoms with Gasteiger partial charge in [0.2, 0.25) is 6.41 Å². The predicted molar refractivity (Wildman–Crippen MR) is 39.3 cm³/mol. The summed E-state index contributed by atoms with van der Waals surface area (Å²) < 4.78 is 25.3. The maximum atomic E-state index is 12.8. The molecular weight excluding hydrogens is 164 g/mol. The largest absolute Gasteiger partial charge is 0.354 e. The van der Waals surface area contributed by atoms with Crippen LogP contribution in [0.1, 0.15) is 5.56 Å². The lowest BCUT2D eigenvalue weighted by molar-refractivity contribution is -0.109. The van der Waals surface area contributed by atoms with Gasteiger partial charge >= 0.3 is 0 Å². The van der Waals surface area contributed by atoms with Crippen molar-refractivity contribution in [2.45, 2.75) is 6.54 Å². The summed E-state index contributed by atoms with van der Waals surface area (Å²) in [5.41, 5.74) is 0.141. The van der Waals surface area contributed by atoms with Crippen LogP contribution in [0.2, 0.25) is 0 Å². The van der Waals surface area contributed by atoms with Crippen LogP contribution in [0.25, 0.3) is 0 Å². The van der Waals surface area contributed by atoms with E-state index in [1.54, 1.807) is 0 Å². The number of hydrogen-bond donors (Lipinski definition) is 1. The number of carbonyl (C=O) groups is 1. The quantitative estimate of drug-likeness (QED) is 0.680. The van der Waals surface area contributed by atoms with E-state index in [-0.39, 0.29) is 12.1 Å². The molecule has 1 rings (SSSR count). The highest BCUT2D eigenvalue weighted by atomic mass is 19.1. The molecule has 1 N–H and O–H groups in total. The predicted octanol–water partition coefficient (Wildman–Crippen LogP) is 1.21. The average Bonchev–Trinajstić information content (AvgIpc) is 2.07. The fourth-order valence-electron chi connectivity index (χ4n) is 0.830. The molecule has 0 spiro atoms. The number of nitrogens with one attached hydrogen (secondary N) is 1. The lowest BCUT2D eigenvalue weighted by atomic mass is 10.2. The van der Waals surface area contributed by atoms with Gasteiger partial charge in [-0.25, -0.2) is 8.78 Å². The fraction of sp³-hybridized carbons (Fsp3) is 0.125. The van der Waals surface area contributed by atoms with Gasteiger partial charge in [0.1, 0.15) is 11.6 Å². The van der Waals surface area contributed by atoms with Crippen molar-refractivity contribution in [2.75, 3.05) is 0 Å². The van der Waals surface area contributed by atoms with Gasteiger partial charge in [0.05, 0.1) is 0 Å². The second kappa shape index (κ2) is 3.80. The molecule has 64 valence electrons. The monoisotopic (exact) mass is 171 g/mol. The summed E-state index contributed by atoms with van der Waals surface area (Å²) in [7, 11) is 0. The molecule has 0 aliphatic rings. The van der Waals surface area contributed by atoms with Gasteiger partial charge in [-0.15, -0.1) is 0 Å². The van der Waals surface area contributed by atoms with Crippen LogP contribution < -0.4 is 5.32 Å². The van der Waals surface area contributed by atoms with Crippen LogP contribution in [0, 0.1) is 11.6 Å². The molecule has 0 fully saturated rings. The molecule has 0 aliphatic heterocycles. The molecule has 0 unspecified atom stereocenters. The third-order valence-corrected chi connectivity index (χ3v) is 1.38. The Kier molecular flexibility index (Phi) is 2.74. The normalized spacial score (nSPS) is 9.50. The molecule has 1 amide bonds. The standard InChI is InChI=1S/C8H7F2NO/c9-7-1-2-8(10)6(3-7)4-11-5-12/h1-3,5H,4H2,(H,11,12). The van der Waals surface area contributed by atoms with E-state index in [4.69, 9.17) is 0 Å². The third-order valence-electron chi connectivity index (χ3n) is 1.38. The van der Waals surface area contributed by atoms with Crippen molar-refractivity contribution in [2.24, 2.45) is 0 Å². The summed E-state index contributed by atoms with van der Waals surface area (Å²) in [6.45, 7) is 0.00704. The van der Waals surface area contributed by atoms with E-state index in [2.05, 4.69) is 5.32 Å². The first-order valence-corrected chi connectivity index (χ1v) is 3.35. The fourth-order valence-corrected chi connectivity index (χ4v) is 0.830. The number of benzene rings is 1. The molecular formula is C8H7F2NO. The first kappa shape index (κ1) is 8.64. The van der Waals surface area contributed by atoms with Gasteiger partial charge < -0.3 is 5.32 Å². The Balaban J connectivity index is 2.82. The summed E-state index contributed by atoms with van der Waals surface area (Å²) in [6.07, 6.45) is 0.435. The Labute approximate surface area is 68.2 Å². The summed E-state index contributed by atoms with van der Waals surface area (Å²) in [5.74, 6) is -1.04. The summed E-state index contributed by atoms with van der Waals surface area (Å²) in [5, 5.41) is 2.25. The number of hydrogen-bond acceptors (Lipinski definition) is 1. The lowest BCUT2D eigenvalue weighted by Gasteiger charge is -2.00. The number of halogens is 2. The SMILES string of the molecule is O=CNCc1cc(F)ccc1F. The third kappa shape index (κ3) is 2.02. The molecule has 0 saturated carbocycles. The van der Waals surface area contributed by atoms with Crippen molar-refractivity contribution in [3.8, 4) is 0 Å². The Morgan fingerprint density at radius 1 is 1.42 bits per heavy atom. The molecule has 0 aromatic heterocycles. The summed E-state index contributed by atoms with van der Waals surface area (Å²) in [6, 6.07) is 3.10. The molecule has 0 radical (unpaired) electrons. The minimum atomic E-state index is -0.522. The molecule has 1 aromatic carbocycles. The van der Waals surface area contributed by atoms with Crippen molar-refractivity contribution < 1.29 is 13.6 Å². The molecule has 1 aromatic rings. The molecule has 0 atom stereocenters. The van der Waals surface area contributed by atoms with E-state index in [9.17, 15) is 13.6 Å². The first-order chi connectivity index (χ1) is 5.74. The van der Waals surface area contributed by atoms with Crippen molar-refractivity contribution in [3.63, 3.8) is 0 Å². The van der Waals surface area contributed by atoms with E-state index < -0.39 is 11.6 Å². The Bertz CT molecular complexity index is 288. The Hall–Kier alpha value is -1.45. The highest BCUT2D eigenvalue weighted by Crippen LogP contribution is 2.08. The molecule has 0 saturated heterocycles. The van der Waals surface area contributed by atoms with Crippen molar-refractivity contribution in [1.29, 1.82) is 0 Å². The maximum absolute atomic E-state index is 12.8. The molecule has 0 heterocycles. The zero-order chi connectivity index (χ0) is 8.97. The Morgan fingerprint density at radius 2 is 2.17 bits per heavy atom. The number of carbonyl (C=O) groups excluding carboxylic acids is 1. The average molecular weight is 171 g/mol. The second-order valence-corrected chi connectivity index (χ2v) is 2.23. The van der Waals surface area contributed by atoms with Crippen molar-refractivity contribution in [1.82, 2.24) is 5.32 Å². The summed E-state index contributed by atoms with van der Waals surface area (Å²) >= 11 is 0. The topological polar surface area (TPSA) is 29.1 Å². The van der Waals surface area contributed by atoms with Crippen LogP contribution in [-0.2, 0) is 11.3 Å². The van der Waals surface area contributed by atoms with Gasteiger partial charge in [0.15, 0.2) is 0 Å². The number of rotatable bonds is 3. The molecule has 2 nitrogen and oxygen atoms in total. The maximum Gasteiger partial charge on any atom is 0.207 e. The molecule has 4 heteroatoms. The van der Waals surface area contributed by atoms with Gasteiger partial charge in [0.25, 0.3) is 0 Å². The van der Waals surface area contributed by atoms with E-state index >= 15 is 0 Å². The molecule has 12 heavy (non-hydrogen) atoms. The van der Waals surface area contributed by atoms with Gasteiger partial charge in [-0.05, 0) is 18.2 Å². The highest BCUT2D eigenvalue weighted by molar-refractivity contribution is 5.46. The van der Waals surface area contributed by atoms with E-state index in [1.165, 1.54) is 0 Å². The van der Waals surface area contributed by atoms with Gasteiger partial charge in [-0.3, -0.25) is 4.79 Å². The summed E-state index contributed by atoms with van der Waals surface area (Å²) in [4.78, 5) is 9.85. The minimum Gasteiger partial charge on any atom is -0.354 e. The van der Waals surface area contributed by atoms with Crippen LogP contribution >= 0.6 is 0 Å². The van der Waals surface area contributed by atoms with Crippen LogP contribution in [0.15, 0.2) is 18.2 Å². The van der Waals surface area contributed by atoms with Gasteiger partial charge in [0, 0.05) is 12.1 Å². The first-order valence-electron chi connectivity index (χ1n) is 3.35. The minimum absolute atomic E-state index is 0.00704. The van der Waals surface area contributed by atoms with Crippen LogP contribution in [0.5, 0.6) is 0 Å². The lowest BCUT2D eigenvalue weighted by Crippen LogP contribution is -2.11. The smallest absolute Gasteiger partial charge is 0.207 e. The van der Waals surface area contributed by atoms with Crippen LogP contribution in [-0.4, -0.2) is 6.41 Å². The molecule has 0 aliphatic carbocycles. The van der Waals surface area contributed by atoms with Crippen molar-refractivity contribution >= 4 is 6.41 Å². The zero-order valence-corrected chi connectivity index (χ0v) is 6.18. The van der Waals surface area contributed by atoms with Gasteiger partial charge in [-0.2, -0.15) is 0 Å². The van der Waals surface area contributed by atoms with E-state index in [0.29, 0.717) is 6.41 Å². The Morgan fingerprint density at radius 3 is 2.83 bits per heavy atom. The molecule has 0 bridgehead atoms. The highest BCUT2D eigenvalue weighted by Gasteiger charge is 2.01. The van der Waals surface area contributed by atoms with E-state index in [0.717, 1.165) is 18.2 Å². The van der Waals surface area contributed by atoms with Crippen LogP contribution in [0.3, 0.4) is 0 Å².